The van der Waals surface area contributed by atoms with Crippen molar-refractivity contribution in [3.63, 3.8) is 0 Å². The molecule has 1 heterocycles. The van der Waals surface area contributed by atoms with E-state index in [1.54, 1.807) is 7.11 Å². The van der Waals surface area contributed by atoms with E-state index in [9.17, 15) is 0 Å². The van der Waals surface area contributed by atoms with Gasteiger partial charge in [0.2, 0.25) is 5.88 Å². The number of guanidine groups is 1. The Hall–Kier alpha value is -1.09. The lowest BCUT2D eigenvalue weighted by atomic mass is 9.83. The van der Waals surface area contributed by atoms with E-state index in [1.165, 1.54) is 25.7 Å². The van der Waals surface area contributed by atoms with Crippen molar-refractivity contribution in [3.8, 4) is 5.88 Å². The number of hydrogen-bond acceptors (Lipinski definition) is 4. The summed E-state index contributed by atoms with van der Waals surface area (Å²) in [6, 6.07) is 3.94. The van der Waals surface area contributed by atoms with Crippen molar-refractivity contribution < 1.29 is 9.47 Å². The first-order valence-electron chi connectivity index (χ1n) is 9.62. The van der Waals surface area contributed by atoms with Gasteiger partial charge in [-0.2, -0.15) is 0 Å². The summed E-state index contributed by atoms with van der Waals surface area (Å²) < 4.78 is 10.9. The molecule has 0 aromatic carbocycles. The Labute approximate surface area is 180 Å². The van der Waals surface area contributed by atoms with Gasteiger partial charge in [0, 0.05) is 46.1 Å². The Bertz CT molecular complexity index is 558. The van der Waals surface area contributed by atoms with Crippen LogP contribution in [0.1, 0.15) is 51.5 Å². The molecule has 1 saturated carbocycles. The Kier molecular flexibility index (Phi) is 11.0. The van der Waals surface area contributed by atoms with Crippen LogP contribution in [0.3, 0.4) is 0 Å². The molecule has 0 amide bonds. The molecule has 2 rings (SSSR count). The first-order chi connectivity index (χ1) is 12.6. The topological polar surface area (TPSA) is 67.8 Å². The summed E-state index contributed by atoms with van der Waals surface area (Å²) in [4.78, 5) is 8.69. The summed E-state index contributed by atoms with van der Waals surface area (Å²) in [5, 5.41) is 6.88. The Balaban J connectivity index is 0.00000364. The van der Waals surface area contributed by atoms with Crippen molar-refractivity contribution in [1.82, 2.24) is 15.6 Å². The largest absolute Gasteiger partial charge is 0.475 e. The predicted octanol–water partition coefficient (Wildman–Crippen LogP) is 3.75. The average Bonchev–Trinajstić information content (AvgIpc) is 3.10. The Morgan fingerprint density at radius 1 is 1.26 bits per heavy atom. The molecule has 1 aliphatic rings. The van der Waals surface area contributed by atoms with Crippen molar-refractivity contribution in [2.45, 2.75) is 58.6 Å². The van der Waals surface area contributed by atoms with Crippen molar-refractivity contribution in [2.75, 3.05) is 27.3 Å². The second kappa shape index (κ2) is 12.4. The van der Waals surface area contributed by atoms with Crippen molar-refractivity contribution >= 4 is 29.9 Å². The zero-order chi connectivity index (χ0) is 18.8. The molecule has 0 aliphatic heterocycles. The van der Waals surface area contributed by atoms with E-state index in [1.807, 2.05) is 39.2 Å². The molecule has 1 fully saturated rings. The molecule has 154 valence electrons. The standard InChI is InChI=1S/C20H34N4O2.HI/c1-16(2)26-18-8-7-17(13-22-18)14-23-19(21-3)24-15-20(11-12-25-4)9-5-6-10-20;/h7-8,13,16H,5-6,9-12,14-15H2,1-4H3,(H2,21,23,24);1H. The second-order valence-corrected chi connectivity index (χ2v) is 7.40. The zero-order valence-corrected chi connectivity index (χ0v) is 19.4. The number of rotatable bonds is 9. The number of nitrogens with one attached hydrogen (secondary N) is 2. The molecule has 0 spiro atoms. The second-order valence-electron chi connectivity index (χ2n) is 7.40. The number of aliphatic imine (C=N–C) groups is 1. The Morgan fingerprint density at radius 2 is 2.00 bits per heavy atom. The van der Waals surface area contributed by atoms with Gasteiger partial charge in [0.25, 0.3) is 0 Å². The van der Waals surface area contributed by atoms with Crippen molar-refractivity contribution in [1.29, 1.82) is 0 Å². The summed E-state index contributed by atoms with van der Waals surface area (Å²) in [5.41, 5.74) is 1.43. The highest BCUT2D eigenvalue weighted by Gasteiger charge is 2.33. The molecule has 27 heavy (non-hydrogen) atoms. The molecule has 0 atom stereocenters. The molecule has 1 aliphatic carbocycles. The third-order valence-corrected chi connectivity index (χ3v) is 4.97. The summed E-state index contributed by atoms with van der Waals surface area (Å²) in [5.74, 6) is 1.49. The van der Waals surface area contributed by atoms with Gasteiger partial charge in [-0.3, -0.25) is 4.99 Å². The van der Waals surface area contributed by atoms with Gasteiger partial charge >= 0.3 is 0 Å². The fraction of sp³-hybridized carbons (Fsp3) is 0.700. The van der Waals surface area contributed by atoms with Crippen LogP contribution in [0.2, 0.25) is 0 Å². The summed E-state index contributed by atoms with van der Waals surface area (Å²) in [6.07, 6.45) is 8.24. The minimum atomic E-state index is 0. The van der Waals surface area contributed by atoms with Gasteiger partial charge in [0.15, 0.2) is 5.96 Å². The van der Waals surface area contributed by atoms with Gasteiger partial charge in [0.05, 0.1) is 6.10 Å². The number of halogens is 1. The Morgan fingerprint density at radius 3 is 2.56 bits per heavy atom. The molecule has 7 heteroatoms. The van der Waals surface area contributed by atoms with Crippen LogP contribution in [0.15, 0.2) is 23.3 Å². The van der Waals surface area contributed by atoms with Gasteiger partial charge in [-0.25, -0.2) is 4.98 Å². The maximum atomic E-state index is 5.58. The zero-order valence-electron chi connectivity index (χ0n) is 17.1. The SMILES string of the molecule is CN=C(NCc1ccc(OC(C)C)nc1)NCC1(CCOC)CCCC1.I. The fourth-order valence-electron chi connectivity index (χ4n) is 3.46. The van der Waals surface area contributed by atoms with E-state index in [-0.39, 0.29) is 30.1 Å². The highest BCUT2D eigenvalue weighted by molar-refractivity contribution is 14.0. The first-order valence-corrected chi connectivity index (χ1v) is 9.62. The number of aromatic nitrogens is 1. The summed E-state index contributed by atoms with van der Waals surface area (Å²) in [7, 11) is 3.59. The summed E-state index contributed by atoms with van der Waals surface area (Å²) >= 11 is 0. The van der Waals surface area contributed by atoms with Crippen LogP contribution >= 0.6 is 24.0 Å². The van der Waals surface area contributed by atoms with E-state index in [0.29, 0.717) is 17.8 Å². The van der Waals surface area contributed by atoms with Gasteiger partial charge in [-0.1, -0.05) is 18.9 Å². The van der Waals surface area contributed by atoms with E-state index in [4.69, 9.17) is 9.47 Å². The van der Waals surface area contributed by atoms with E-state index in [0.717, 1.165) is 31.1 Å². The molecular weight excluding hydrogens is 455 g/mol. The van der Waals surface area contributed by atoms with E-state index in [2.05, 4.69) is 20.6 Å². The third-order valence-electron chi connectivity index (χ3n) is 4.97. The molecule has 0 saturated heterocycles. The van der Waals surface area contributed by atoms with Gasteiger partial charge in [-0.15, -0.1) is 24.0 Å². The molecule has 0 unspecified atom stereocenters. The quantitative estimate of drug-likeness (QED) is 0.314. The molecule has 1 aromatic rings. The number of nitrogens with zero attached hydrogens (tertiary/aromatic N) is 2. The van der Waals surface area contributed by atoms with E-state index >= 15 is 0 Å². The molecule has 0 bridgehead atoms. The predicted molar refractivity (Wildman–Crippen MR) is 121 cm³/mol. The third kappa shape index (κ3) is 8.21. The maximum Gasteiger partial charge on any atom is 0.213 e. The summed E-state index contributed by atoms with van der Waals surface area (Å²) in [6.45, 7) is 6.44. The highest BCUT2D eigenvalue weighted by atomic mass is 127. The maximum absolute atomic E-state index is 5.58. The van der Waals surface area contributed by atoms with Crippen LogP contribution in [-0.2, 0) is 11.3 Å². The van der Waals surface area contributed by atoms with Crippen LogP contribution in [0.25, 0.3) is 0 Å². The minimum Gasteiger partial charge on any atom is -0.475 e. The van der Waals surface area contributed by atoms with Crippen LogP contribution in [0.5, 0.6) is 5.88 Å². The molecule has 2 N–H and O–H groups in total. The smallest absolute Gasteiger partial charge is 0.213 e. The number of methoxy groups -OCH3 is 1. The van der Waals surface area contributed by atoms with Crippen LogP contribution < -0.4 is 15.4 Å². The van der Waals surface area contributed by atoms with Crippen LogP contribution in [0, 0.1) is 5.41 Å². The molecular formula is C20H35IN4O2. The van der Waals surface area contributed by atoms with Crippen molar-refractivity contribution in [2.24, 2.45) is 10.4 Å². The number of ether oxygens (including phenoxy) is 2. The van der Waals surface area contributed by atoms with Gasteiger partial charge in [0.1, 0.15) is 0 Å². The number of pyridine rings is 1. The molecule has 6 nitrogen and oxygen atoms in total. The van der Waals surface area contributed by atoms with E-state index < -0.39 is 0 Å². The molecule has 1 aromatic heterocycles. The lowest BCUT2D eigenvalue weighted by Gasteiger charge is -2.30. The monoisotopic (exact) mass is 490 g/mol. The highest BCUT2D eigenvalue weighted by Crippen LogP contribution is 2.40. The van der Waals surface area contributed by atoms with Gasteiger partial charge < -0.3 is 20.1 Å². The minimum absolute atomic E-state index is 0. The van der Waals surface area contributed by atoms with Gasteiger partial charge in [-0.05, 0) is 44.1 Å². The van der Waals surface area contributed by atoms with Crippen LogP contribution in [-0.4, -0.2) is 44.4 Å². The first kappa shape index (κ1) is 23.9. The fourth-order valence-corrected chi connectivity index (χ4v) is 3.46. The molecule has 0 radical (unpaired) electrons. The lowest BCUT2D eigenvalue weighted by Crippen LogP contribution is -2.43. The normalized spacial score (nSPS) is 16.1. The number of hydrogen-bond donors (Lipinski definition) is 2. The lowest BCUT2D eigenvalue weighted by molar-refractivity contribution is 0.138. The average molecular weight is 490 g/mol. The van der Waals surface area contributed by atoms with Crippen molar-refractivity contribution in [3.05, 3.63) is 23.9 Å². The van der Waals surface area contributed by atoms with Crippen LogP contribution in [0.4, 0.5) is 0 Å².